The third-order valence-corrected chi connectivity index (χ3v) is 5.89. The predicted octanol–water partition coefficient (Wildman–Crippen LogP) is 3.33. The van der Waals surface area contributed by atoms with Crippen molar-refractivity contribution in [2.75, 3.05) is 42.9 Å². The summed E-state index contributed by atoms with van der Waals surface area (Å²) in [6.07, 6.45) is 5.06. The van der Waals surface area contributed by atoms with Crippen LogP contribution in [0.2, 0.25) is 0 Å². The Bertz CT molecular complexity index is 917. The van der Waals surface area contributed by atoms with Crippen molar-refractivity contribution in [2.45, 2.75) is 19.3 Å². The SMILES string of the molecule is O=C(Nc1nncs1)c1ccc(N2CCCN(CCCc3ccccc3)CC2)nc1. The molecular weight excluding hydrogens is 396 g/mol. The van der Waals surface area contributed by atoms with Gasteiger partial charge in [0.1, 0.15) is 11.3 Å². The van der Waals surface area contributed by atoms with Crippen LogP contribution in [0.15, 0.2) is 54.2 Å². The summed E-state index contributed by atoms with van der Waals surface area (Å²) >= 11 is 1.29. The van der Waals surface area contributed by atoms with E-state index in [1.807, 2.05) is 12.1 Å². The first-order valence-electron chi connectivity index (χ1n) is 10.3. The third-order valence-electron chi connectivity index (χ3n) is 5.29. The normalized spacial score (nSPS) is 15.0. The lowest BCUT2D eigenvalue weighted by molar-refractivity contribution is 0.102. The lowest BCUT2D eigenvalue weighted by Crippen LogP contribution is -2.32. The molecule has 1 fully saturated rings. The Hall–Kier alpha value is -2.84. The lowest BCUT2D eigenvalue weighted by atomic mass is 10.1. The number of carbonyl (C=O) groups is 1. The molecule has 0 spiro atoms. The second kappa shape index (κ2) is 10.3. The first-order valence-corrected chi connectivity index (χ1v) is 11.2. The van der Waals surface area contributed by atoms with E-state index in [0.717, 1.165) is 51.4 Å². The Kier molecular flexibility index (Phi) is 6.99. The zero-order valence-electron chi connectivity index (χ0n) is 16.9. The van der Waals surface area contributed by atoms with Crippen LogP contribution in [0.5, 0.6) is 0 Å². The molecular formula is C22H26N6OS. The number of hydrogen-bond acceptors (Lipinski definition) is 7. The molecule has 0 atom stereocenters. The number of anilines is 2. The molecule has 0 unspecified atom stereocenters. The average molecular weight is 423 g/mol. The van der Waals surface area contributed by atoms with Crippen molar-refractivity contribution in [1.29, 1.82) is 0 Å². The number of rotatable bonds is 7. The topological polar surface area (TPSA) is 74.2 Å². The number of aryl methyl sites for hydroxylation is 1. The van der Waals surface area contributed by atoms with Gasteiger partial charge in [-0.05, 0) is 50.0 Å². The van der Waals surface area contributed by atoms with Gasteiger partial charge in [0, 0.05) is 25.8 Å². The van der Waals surface area contributed by atoms with Crippen LogP contribution in [0.3, 0.4) is 0 Å². The van der Waals surface area contributed by atoms with Crippen LogP contribution in [0, 0.1) is 0 Å². The number of carbonyl (C=O) groups excluding carboxylic acids is 1. The van der Waals surface area contributed by atoms with Crippen molar-refractivity contribution in [1.82, 2.24) is 20.1 Å². The Balaban J connectivity index is 1.26. The minimum Gasteiger partial charge on any atom is -0.355 e. The van der Waals surface area contributed by atoms with Gasteiger partial charge in [0.2, 0.25) is 5.13 Å². The van der Waals surface area contributed by atoms with E-state index >= 15 is 0 Å². The summed E-state index contributed by atoms with van der Waals surface area (Å²) in [6.45, 7) is 5.22. The molecule has 0 aliphatic carbocycles. The van der Waals surface area contributed by atoms with Gasteiger partial charge in [-0.3, -0.25) is 10.1 Å². The number of nitrogens with one attached hydrogen (secondary N) is 1. The number of pyridine rings is 1. The van der Waals surface area contributed by atoms with E-state index in [2.05, 4.69) is 60.6 Å². The van der Waals surface area contributed by atoms with Gasteiger partial charge >= 0.3 is 0 Å². The molecule has 8 heteroatoms. The highest BCUT2D eigenvalue weighted by molar-refractivity contribution is 7.13. The molecule has 1 aliphatic heterocycles. The van der Waals surface area contributed by atoms with Gasteiger partial charge < -0.3 is 9.80 Å². The molecule has 0 bridgehead atoms. The van der Waals surface area contributed by atoms with Crippen molar-refractivity contribution < 1.29 is 4.79 Å². The molecule has 1 N–H and O–H groups in total. The summed E-state index contributed by atoms with van der Waals surface area (Å²) in [6, 6.07) is 14.4. The van der Waals surface area contributed by atoms with Crippen LogP contribution >= 0.6 is 11.3 Å². The maximum Gasteiger partial charge on any atom is 0.259 e. The highest BCUT2D eigenvalue weighted by atomic mass is 32.1. The molecule has 156 valence electrons. The summed E-state index contributed by atoms with van der Waals surface area (Å²) in [5, 5.41) is 10.8. The van der Waals surface area contributed by atoms with Gasteiger partial charge in [-0.2, -0.15) is 0 Å². The molecule has 0 saturated carbocycles. The third kappa shape index (κ3) is 5.61. The van der Waals surface area contributed by atoms with Crippen LogP contribution in [-0.4, -0.2) is 58.7 Å². The van der Waals surface area contributed by atoms with Crippen LogP contribution in [-0.2, 0) is 6.42 Å². The zero-order chi connectivity index (χ0) is 20.6. The van der Waals surface area contributed by atoms with E-state index in [1.165, 1.54) is 23.3 Å². The van der Waals surface area contributed by atoms with Gasteiger partial charge in [-0.15, -0.1) is 10.2 Å². The summed E-state index contributed by atoms with van der Waals surface area (Å²) < 4.78 is 0. The quantitative estimate of drug-likeness (QED) is 0.630. The molecule has 7 nitrogen and oxygen atoms in total. The van der Waals surface area contributed by atoms with Crippen molar-refractivity contribution in [3.63, 3.8) is 0 Å². The molecule has 1 amide bonds. The monoisotopic (exact) mass is 422 g/mol. The summed E-state index contributed by atoms with van der Waals surface area (Å²) in [7, 11) is 0. The van der Waals surface area contributed by atoms with Gasteiger partial charge in [-0.1, -0.05) is 41.7 Å². The van der Waals surface area contributed by atoms with E-state index in [4.69, 9.17) is 0 Å². The van der Waals surface area contributed by atoms with Crippen LogP contribution in [0.1, 0.15) is 28.8 Å². The van der Waals surface area contributed by atoms with Gasteiger partial charge in [0.25, 0.3) is 5.91 Å². The fourth-order valence-corrected chi connectivity index (χ4v) is 4.12. The van der Waals surface area contributed by atoms with Crippen molar-refractivity contribution in [3.05, 3.63) is 65.3 Å². The first-order chi connectivity index (χ1) is 14.8. The molecule has 3 aromatic rings. The van der Waals surface area contributed by atoms with E-state index in [-0.39, 0.29) is 5.91 Å². The number of benzene rings is 1. The summed E-state index contributed by atoms with van der Waals surface area (Å²) in [5.74, 6) is 0.708. The zero-order valence-corrected chi connectivity index (χ0v) is 17.7. The molecule has 1 aliphatic rings. The predicted molar refractivity (Wildman–Crippen MR) is 120 cm³/mol. The largest absolute Gasteiger partial charge is 0.355 e. The van der Waals surface area contributed by atoms with E-state index in [9.17, 15) is 4.79 Å². The second-order valence-corrected chi connectivity index (χ2v) is 8.21. The van der Waals surface area contributed by atoms with Gasteiger partial charge in [-0.25, -0.2) is 4.98 Å². The Labute approximate surface area is 180 Å². The van der Waals surface area contributed by atoms with Crippen molar-refractivity contribution >= 4 is 28.2 Å². The Morgan fingerprint density at radius 1 is 1.07 bits per heavy atom. The number of nitrogens with zero attached hydrogens (tertiary/aromatic N) is 5. The molecule has 2 aromatic heterocycles. The van der Waals surface area contributed by atoms with Gasteiger partial charge in [0.05, 0.1) is 5.56 Å². The van der Waals surface area contributed by atoms with Crippen molar-refractivity contribution in [3.8, 4) is 0 Å². The highest BCUT2D eigenvalue weighted by Crippen LogP contribution is 2.16. The standard InChI is InChI=1S/C22H26N6OS/c29-21(25-22-26-24-17-30-22)19-9-10-20(23-16-19)28-13-5-12-27(14-15-28)11-4-8-18-6-2-1-3-7-18/h1-3,6-7,9-10,16-17H,4-5,8,11-15H2,(H,25,26,29). The lowest BCUT2D eigenvalue weighted by Gasteiger charge is -2.23. The molecule has 0 radical (unpaired) electrons. The van der Waals surface area contributed by atoms with Crippen LogP contribution in [0.4, 0.5) is 10.9 Å². The Morgan fingerprint density at radius 3 is 2.73 bits per heavy atom. The molecule has 1 saturated heterocycles. The van der Waals surface area contributed by atoms with E-state index in [1.54, 1.807) is 11.7 Å². The summed E-state index contributed by atoms with van der Waals surface area (Å²) in [4.78, 5) is 21.7. The molecule has 30 heavy (non-hydrogen) atoms. The van der Waals surface area contributed by atoms with Crippen LogP contribution in [0.25, 0.3) is 0 Å². The fourth-order valence-electron chi connectivity index (χ4n) is 3.68. The maximum atomic E-state index is 12.3. The maximum absolute atomic E-state index is 12.3. The van der Waals surface area contributed by atoms with E-state index < -0.39 is 0 Å². The molecule has 1 aromatic carbocycles. The van der Waals surface area contributed by atoms with Crippen molar-refractivity contribution in [2.24, 2.45) is 0 Å². The fraction of sp³-hybridized carbons (Fsp3) is 0.364. The number of aromatic nitrogens is 3. The second-order valence-electron chi connectivity index (χ2n) is 7.37. The van der Waals surface area contributed by atoms with Gasteiger partial charge in [0.15, 0.2) is 0 Å². The highest BCUT2D eigenvalue weighted by Gasteiger charge is 2.16. The van der Waals surface area contributed by atoms with E-state index in [0.29, 0.717) is 10.7 Å². The smallest absolute Gasteiger partial charge is 0.259 e. The number of hydrogen-bond donors (Lipinski definition) is 1. The van der Waals surface area contributed by atoms with Crippen LogP contribution < -0.4 is 10.2 Å². The minimum absolute atomic E-state index is 0.216. The molecule has 3 heterocycles. The molecule has 4 rings (SSSR count). The summed E-state index contributed by atoms with van der Waals surface area (Å²) in [5.41, 5.74) is 3.51. The number of amides is 1. The first kappa shape index (κ1) is 20.4. The average Bonchev–Trinajstić information content (AvgIpc) is 3.18. The Morgan fingerprint density at radius 2 is 1.97 bits per heavy atom. The minimum atomic E-state index is -0.216.